The third-order valence-electron chi connectivity index (χ3n) is 5.54. The Hall–Kier alpha value is -2.42. The van der Waals surface area contributed by atoms with Crippen LogP contribution in [0.1, 0.15) is 41.8 Å². The van der Waals surface area contributed by atoms with Crippen LogP contribution in [0.4, 0.5) is 0 Å². The molecule has 2 aromatic rings. The lowest BCUT2D eigenvalue weighted by atomic mass is 10.1. The second-order valence-electron chi connectivity index (χ2n) is 8.90. The van der Waals surface area contributed by atoms with E-state index in [-0.39, 0.29) is 10.6 Å². The highest BCUT2D eigenvalue weighted by molar-refractivity contribution is 7.90. The highest BCUT2D eigenvalue weighted by Crippen LogP contribution is 2.26. The molecule has 32 heavy (non-hydrogen) atoms. The minimum Gasteiger partial charge on any atom is -0.493 e. The average Bonchev–Trinajstić information content (AvgIpc) is 3.27. The Labute approximate surface area is 190 Å². The van der Waals surface area contributed by atoms with Gasteiger partial charge in [-0.05, 0) is 67.4 Å². The molecule has 1 saturated heterocycles. The molecule has 2 aromatic carbocycles. The maximum absolute atomic E-state index is 13.3. The first-order valence-electron chi connectivity index (χ1n) is 10.9. The normalized spacial score (nSPS) is 16.6. The van der Waals surface area contributed by atoms with E-state index in [1.54, 1.807) is 30.3 Å². The van der Waals surface area contributed by atoms with E-state index in [9.17, 15) is 13.2 Å². The lowest BCUT2D eigenvalue weighted by Crippen LogP contribution is -2.32. The van der Waals surface area contributed by atoms with Crippen molar-refractivity contribution >= 4 is 15.7 Å². The van der Waals surface area contributed by atoms with Gasteiger partial charge < -0.3 is 15.8 Å². The molecule has 0 spiro atoms. The second kappa shape index (κ2) is 10.5. The number of nitrogens with zero attached hydrogens (tertiary/aromatic N) is 1. The standard InChI is InChI=1S/C24H33N3O4S/c1-17(2)15-31-22-10-19(14-27(3)21-7-8-26-13-21)11-23(12-22)32(29,30)16-18-5-4-6-20(9-18)24(25)28/h4-6,9-12,17,21,26H,7-8,13-16H2,1-3H3,(H2,25,28). The Morgan fingerprint density at radius 3 is 2.66 bits per heavy atom. The average molecular weight is 460 g/mol. The van der Waals surface area contributed by atoms with E-state index in [0.29, 0.717) is 42.0 Å². The largest absolute Gasteiger partial charge is 0.493 e. The number of hydrogen-bond donors (Lipinski definition) is 2. The fraction of sp³-hybridized carbons (Fsp3) is 0.458. The molecule has 1 aliphatic rings. The fourth-order valence-electron chi connectivity index (χ4n) is 3.80. The number of sulfone groups is 1. The van der Waals surface area contributed by atoms with Gasteiger partial charge in [-0.15, -0.1) is 0 Å². The number of hydrogen-bond acceptors (Lipinski definition) is 6. The molecule has 1 aliphatic heterocycles. The number of amides is 1. The van der Waals surface area contributed by atoms with Gasteiger partial charge in [0.15, 0.2) is 9.84 Å². The van der Waals surface area contributed by atoms with Crippen LogP contribution >= 0.6 is 0 Å². The van der Waals surface area contributed by atoms with Crippen LogP contribution in [0.2, 0.25) is 0 Å². The van der Waals surface area contributed by atoms with Crippen LogP contribution in [0, 0.1) is 5.92 Å². The number of rotatable bonds is 10. The summed E-state index contributed by atoms with van der Waals surface area (Å²) in [6.07, 6.45) is 1.07. The smallest absolute Gasteiger partial charge is 0.248 e. The topological polar surface area (TPSA) is 102 Å². The maximum Gasteiger partial charge on any atom is 0.248 e. The molecule has 1 heterocycles. The van der Waals surface area contributed by atoms with Crippen LogP contribution in [0.15, 0.2) is 47.4 Å². The Balaban J connectivity index is 1.89. The number of carbonyl (C=O) groups excluding carboxylic acids is 1. The highest BCUT2D eigenvalue weighted by atomic mass is 32.2. The molecule has 1 amide bonds. The van der Waals surface area contributed by atoms with Crippen molar-refractivity contribution in [1.82, 2.24) is 10.2 Å². The van der Waals surface area contributed by atoms with E-state index in [1.165, 1.54) is 6.07 Å². The first kappa shape index (κ1) is 24.2. The SMILES string of the molecule is CC(C)COc1cc(CN(C)C2CCNC2)cc(S(=O)(=O)Cc2cccc(C(N)=O)c2)c1. The van der Waals surface area contributed by atoms with Crippen molar-refractivity contribution in [2.24, 2.45) is 11.7 Å². The first-order valence-corrected chi connectivity index (χ1v) is 12.6. The van der Waals surface area contributed by atoms with Gasteiger partial charge >= 0.3 is 0 Å². The summed E-state index contributed by atoms with van der Waals surface area (Å²) in [6, 6.07) is 12.1. The molecule has 1 unspecified atom stereocenters. The molecule has 1 fully saturated rings. The van der Waals surface area contributed by atoms with Crippen molar-refractivity contribution in [3.8, 4) is 5.75 Å². The van der Waals surface area contributed by atoms with Crippen molar-refractivity contribution in [2.45, 2.75) is 43.5 Å². The van der Waals surface area contributed by atoms with Crippen LogP contribution in [0.25, 0.3) is 0 Å². The van der Waals surface area contributed by atoms with Crippen molar-refractivity contribution in [3.05, 3.63) is 59.2 Å². The zero-order chi connectivity index (χ0) is 23.3. The van der Waals surface area contributed by atoms with Gasteiger partial charge in [-0.1, -0.05) is 26.0 Å². The summed E-state index contributed by atoms with van der Waals surface area (Å²) < 4.78 is 32.4. The maximum atomic E-state index is 13.3. The van der Waals surface area contributed by atoms with E-state index in [2.05, 4.69) is 17.3 Å². The number of primary amides is 1. The number of nitrogens with one attached hydrogen (secondary N) is 1. The zero-order valence-corrected chi connectivity index (χ0v) is 19.8. The third-order valence-corrected chi connectivity index (χ3v) is 7.21. The third kappa shape index (κ3) is 6.54. The molecule has 0 saturated carbocycles. The molecular formula is C24H33N3O4S. The molecular weight excluding hydrogens is 426 g/mol. The van der Waals surface area contributed by atoms with Gasteiger partial charge in [-0.2, -0.15) is 0 Å². The molecule has 1 atom stereocenters. The monoisotopic (exact) mass is 459 g/mol. The van der Waals surface area contributed by atoms with Gasteiger partial charge in [0.2, 0.25) is 5.91 Å². The molecule has 8 heteroatoms. The number of benzene rings is 2. The predicted molar refractivity (Wildman–Crippen MR) is 125 cm³/mol. The van der Waals surface area contributed by atoms with Crippen LogP contribution in [-0.4, -0.2) is 52.0 Å². The summed E-state index contributed by atoms with van der Waals surface area (Å²) in [6.45, 7) is 7.16. The van der Waals surface area contributed by atoms with Gasteiger partial charge in [0.05, 0.1) is 17.3 Å². The highest BCUT2D eigenvalue weighted by Gasteiger charge is 2.22. The summed E-state index contributed by atoms with van der Waals surface area (Å²) in [5, 5.41) is 3.36. The summed E-state index contributed by atoms with van der Waals surface area (Å²) in [5.41, 5.74) is 7.04. The zero-order valence-electron chi connectivity index (χ0n) is 19.0. The van der Waals surface area contributed by atoms with E-state index in [4.69, 9.17) is 10.5 Å². The molecule has 0 bridgehead atoms. The molecule has 0 aliphatic carbocycles. The minimum atomic E-state index is -3.66. The van der Waals surface area contributed by atoms with E-state index in [1.807, 2.05) is 19.9 Å². The lowest BCUT2D eigenvalue weighted by Gasteiger charge is -2.24. The number of ether oxygens (including phenoxy) is 1. The van der Waals surface area contributed by atoms with Gasteiger partial charge in [0.25, 0.3) is 0 Å². The molecule has 3 rings (SSSR count). The number of nitrogens with two attached hydrogens (primary N) is 1. The van der Waals surface area contributed by atoms with Gasteiger partial charge in [0, 0.05) is 24.7 Å². The van der Waals surface area contributed by atoms with Crippen molar-refractivity contribution in [3.63, 3.8) is 0 Å². The predicted octanol–water partition coefficient (Wildman–Crippen LogP) is 2.59. The fourth-order valence-corrected chi connectivity index (χ4v) is 5.21. The lowest BCUT2D eigenvalue weighted by molar-refractivity contribution is 0.1000. The summed E-state index contributed by atoms with van der Waals surface area (Å²) in [4.78, 5) is 13.9. The van der Waals surface area contributed by atoms with Crippen LogP contribution < -0.4 is 15.8 Å². The van der Waals surface area contributed by atoms with Crippen molar-refractivity contribution < 1.29 is 17.9 Å². The Bertz CT molecular complexity index is 1050. The van der Waals surface area contributed by atoms with E-state index < -0.39 is 15.7 Å². The van der Waals surface area contributed by atoms with Crippen LogP contribution in [0.5, 0.6) is 5.75 Å². The van der Waals surface area contributed by atoms with Gasteiger partial charge in [-0.3, -0.25) is 9.69 Å². The number of carbonyl (C=O) groups is 1. The van der Waals surface area contributed by atoms with Gasteiger partial charge in [-0.25, -0.2) is 8.42 Å². The summed E-state index contributed by atoms with van der Waals surface area (Å²) >= 11 is 0. The van der Waals surface area contributed by atoms with Crippen LogP contribution in [-0.2, 0) is 22.1 Å². The molecule has 3 N–H and O–H groups in total. The second-order valence-corrected chi connectivity index (χ2v) is 10.9. The number of likely N-dealkylation sites (N-methyl/N-ethyl adjacent to an activating group) is 1. The van der Waals surface area contributed by atoms with Crippen molar-refractivity contribution in [2.75, 3.05) is 26.7 Å². The quantitative estimate of drug-likeness (QED) is 0.566. The Morgan fingerprint density at radius 2 is 2.00 bits per heavy atom. The summed E-state index contributed by atoms with van der Waals surface area (Å²) in [7, 11) is -1.60. The van der Waals surface area contributed by atoms with E-state index >= 15 is 0 Å². The van der Waals surface area contributed by atoms with Crippen molar-refractivity contribution in [1.29, 1.82) is 0 Å². The Morgan fingerprint density at radius 1 is 1.22 bits per heavy atom. The minimum absolute atomic E-state index is 0.219. The van der Waals surface area contributed by atoms with E-state index in [0.717, 1.165) is 25.1 Å². The Kier molecular flexibility index (Phi) is 7.92. The summed E-state index contributed by atoms with van der Waals surface area (Å²) in [5.74, 6) is 0.0741. The van der Waals surface area contributed by atoms with Gasteiger partial charge in [0.1, 0.15) is 5.75 Å². The molecule has 174 valence electrons. The molecule has 0 radical (unpaired) electrons. The van der Waals surface area contributed by atoms with Crippen LogP contribution in [0.3, 0.4) is 0 Å². The molecule has 0 aromatic heterocycles. The first-order chi connectivity index (χ1) is 15.1. The molecule has 7 nitrogen and oxygen atoms in total.